The number of hydrogen-bond donors (Lipinski definition) is 2. The maximum atomic E-state index is 13.7. The second kappa shape index (κ2) is 13.1. The minimum absolute atomic E-state index is 0.154. The first-order valence-electron chi connectivity index (χ1n) is 13.6. The SMILES string of the molecule is CCCN1CCN([C@H](CNC(=O)Nc2ccc(F)c(C(F)(F)F)c2)c2ccc(-c3cccc(C#N)c3)cc2)[C@@H](C)C1. The number of amides is 2. The molecule has 3 aromatic rings. The maximum Gasteiger partial charge on any atom is 0.419 e. The van der Waals surface area contributed by atoms with Gasteiger partial charge >= 0.3 is 12.2 Å². The van der Waals surface area contributed by atoms with Crippen molar-refractivity contribution in [3.63, 3.8) is 0 Å². The third kappa shape index (κ3) is 7.63. The van der Waals surface area contributed by atoms with Gasteiger partial charge in [-0.2, -0.15) is 18.4 Å². The summed E-state index contributed by atoms with van der Waals surface area (Å²) in [5.41, 5.74) is 1.83. The number of nitrogens with one attached hydrogen (secondary N) is 2. The first-order chi connectivity index (χ1) is 19.6. The first-order valence-corrected chi connectivity index (χ1v) is 13.6. The lowest BCUT2D eigenvalue weighted by molar-refractivity contribution is -0.139. The van der Waals surface area contributed by atoms with Gasteiger partial charge in [-0.3, -0.25) is 4.90 Å². The molecule has 0 aliphatic carbocycles. The van der Waals surface area contributed by atoms with Gasteiger partial charge in [-0.05, 0) is 66.9 Å². The molecule has 0 radical (unpaired) electrons. The molecule has 1 aliphatic heterocycles. The Morgan fingerprint density at radius 1 is 1.07 bits per heavy atom. The van der Waals surface area contributed by atoms with Gasteiger partial charge in [0, 0.05) is 37.9 Å². The normalized spacial score (nSPS) is 17.0. The standard InChI is InChI=1S/C31H33F4N5O/c1-3-13-39-14-15-40(21(2)20-39)29(24-9-7-23(8-10-24)25-6-4-5-22(16-25)18-36)19-37-30(41)38-26-11-12-28(32)27(17-26)31(33,34)35/h4-12,16-17,21,29H,3,13-15,19-20H2,1-2H3,(H2,37,38,41)/t21-,29+/m0/s1. The average molecular weight is 568 g/mol. The van der Waals surface area contributed by atoms with Gasteiger partial charge in [0.1, 0.15) is 5.82 Å². The fourth-order valence-corrected chi connectivity index (χ4v) is 5.31. The molecule has 0 saturated carbocycles. The molecule has 0 bridgehead atoms. The van der Waals surface area contributed by atoms with Crippen LogP contribution in [0.15, 0.2) is 66.7 Å². The molecule has 1 heterocycles. The summed E-state index contributed by atoms with van der Waals surface area (Å²) in [4.78, 5) is 17.5. The van der Waals surface area contributed by atoms with E-state index in [4.69, 9.17) is 0 Å². The van der Waals surface area contributed by atoms with Crippen molar-refractivity contribution in [1.29, 1.82) is 5.26 Å². The van der Waals surface area contributed by atoms with E-state index in [1.165, 1.54) is 0 Å². The van der Waals surface area contributed by atoms with Crippen LogP contribution in [-0.4, -0.2) is 54.6 Å². The van der Waals surface area contributed by atoms with E-state index in [2.05, 4.69) is 40.4 Å². The molecule has 4 rings (SSSR count). The minimum atomic E-state index is -4.87. The molecule has 41 heavy (non-hydrogen) atoms. The van der Waals surface area contributed by atoms with Crippen molar-refractivity contribution in [1.82, 2.24) is 15.1 Å². The lowest BCUT2D eigenvalue weighted by Crippen LogP contribution is -2.54. The number of benzene rings is 3. The molecule has 1 aliphatic rings. The summed E-state index contributed by atoms with van der Waals surface area (Å²) in [6.07, 6.45) is -3.81. The molecular weight excluding hydrogens is 534 g/mol. The van der Waals surface area contributed by atoms with Crippen LogP contribution in [0.5, 0.6) is 0 Å². The summed E-state index contributed by atoms with van der Waals surface area (Å²) in [7, 11) is 0. The predicted octanol–water partition coefficient (Wildman–Crippen LogP) is 6.66. The number of urea groups is 1. The molecule has 2 N–H and O–H groups in total. The van der Waals surface area contributed by atoms with Crippen molar-refractivity contribution in [2.45, 2.75) is 38.5 Å². The van der Waals surface area contributed by atoms with E-state index in [9.17, 15) is 27.6 Å². The van der Waals surface area contributed by atoms with Crippen LogP contribution in [0, 0.1) is 17.1 Å². The third-order valence-corrected chi connectivity index (χ3v) is 7.31. The lowest BCUT2D eigenvalue weighted by atomic mass is 9.97. The Morgan fingerprint density at radius 3 is 2.49 bits per heavy atom. The average Bonchev–Trinajstić information content (AvgIpc) is 2.95. The number of carbonyl (C=O) groups is 1. The number of carbonyl (C=O) groups excluding carboxylic acids is 1. The van der Waals surface area contributed by atoms with Crippen molar-refractivity contribution >= 4 is 11.7 Å². The van der Waals surface area contributed by atoms with Crippen molar-refractivity contribution < 1.29 is 22.4 Å². The molecule has 0 aromatic heterocycles. The Morgan fingerprint density at radius 2 is 1.83 bits per heavy atom. The van der Waals surface area contributed by atoms with Gasteiger partial charge in [0.05, 0.1) is 23.2 Å². The van der Waals surface area contributed by atoms with E-state index in [0.717, 1.165) is 55.4 Å². The number of anilines is 1. The second-order valence-electron chi connectivity index (χ2n) is 10.2. The number of hydrogen-bond acceptors (Lipinski definition) is 4. The topological polar surface area (TPSA) is 71.4 Å². The van der Waals surface area contributed by atoms with Crippen molar-refractivity contribution in [3.05, 3.63) is 89.2 Å². The number of nitrogens with zero attached hydrogens (tertiary/aromatic N) is 3. The Balaban J connectivity index is 1.52. The number of rotatable bonds is 8. The van der Waals surface area contributed by atoms with Crippen LogP contribution in [-0.2, 0) is 6.18 Å². The zero-order valence-corrected chi connectivity index (χ0v) is 23.0. The zero-order valence-electron chi connectivity index (χ0n) is 23.0. The van der Waals surface area contributed by atoms with Gasteiger partial charge in [-0.1, -0.05) is 43.3 Å². The number of halogens is 4. The lowest BCUT2D eigenvalue weighted by Gasteiger charge is -2.44. The highest BCUT2D eigenvalue weighted by atomic mass is 19.4. The number of piperazine rings is 1. The molecule has 6 nitrogen and oxygen atoms in total. The van der Waals surface area contributed by atoms with Crippen LogP contribution in [0.1, 0.15) is 43.0 Å². The molecule has 10 heteroatoms. The molecule has 0 unspecified atom stereocenters. The Kier molecular flexibility index (Phi) is 9.63. The van der Waals surface area contributed by atoms with Crippen LogP contribution < -0.4 is 10.6 Å². The Bertz CT molecular complexity index is 1390. The summed E-state index contributed by atoms with van der Waals surface area (Å²) < 4.78 is 53.0. The molecule has 216 valence electrons. The van der Waals surface area contributed by atoms with Gasteiger partial charge in [0.25, 0.3) is 0 Å². The van der Waals surface area contributed by atoms with E-state index >= 15 is 0 Å². The second-order valence-corrected chi connectivity index (χ2v) is 10.2. The maximum absolute atomic E-state index is 13.7. The largest absolute Gasteiger partial charge is 0.419 e. The number of nitriles is 1. The highest BCUT2D eigenvalue weighted by molar-refractivity contribution is 5.89. The van der Waals surface area contributed by atoms with Gasteiger partial charge in [0.2, 0.25) is 0 Å². The van der Waals surface area contributed by atoms with Gasteiger partial charge in [-0.15, -0.1) is 0 Å². The zero-order chi connectivity index (χ0) is 29.6. The third-order valence-electron chi connectivity index (χ3n) is 7.31. The van der Waals surface area contributed by atoms with Crippen LogP contribution in [0.2, 0.25) is 0 Å². The van der Waals surface area contributed by atoms with Crippen molar-refractivity contribution in [3.8, 4) is 17.2 Å². The molecule has 3 aromatic carbocycles. The fourth-order valence-electron chi connectivity index (χ4n) is 5.31. The van der Waals surface area contributed by atoms with Gasteiger partial charge in [0.15, 0.2) is 0 Å². The molecule has 1 saturated heterocycles. The smallest absolute Gasteiger partial charge is 0.336 e. The quantitative estimate of drug-likeness (QED) is 0.299. The van der Waals surface area contributed by atoms with E-state index in [1.807, 2.05) is 42.5 Å². The van der Waals surface area contributed by atoms with Crippen LogP contribution in [0.25, 0.3) is 11.1 Å². The molecular formula is C31H33F4N5O. The summed E-state index contributed by atoms with van der Waals surface area (Å²) in [5, 5.41) is 14.4. The van der Waals surface area contributed by atoms with Crippen LogP contribution in [0.3, 0.4) is 0 Å². The van der Waals surface area contributed by atoms with Gasteiger partial charge in [-0.25, -0.2) is 9.18 Å². The molecule has 1 fully saturated rings. The summed E-state index contributed by atoms with van der Waals surface area (Å²) in [6.45, 7) is 8.07. The fraction of sp³-hybridized carbons (Fsp3) is 0.355. The van der Waals surface area contributed by atoms with Gasteiger partial charge < -0.3 is 15.5 Å². The highest BCUT2D eigenvalue weighted by Gasteiger charge is 2.34. The van der Waals surface area contributed by atoms with E-state index in [-0.39, 0.29) is 24.3 Å². The Hall–Kier alpha value is -3.94. The Labute approximate surface area is 237 Å². The van der Waals surface area contributed by atoms with E-state index in [1.54, 1.807) is 6.07 Å². The van der Waals surface area contributed by atoms with Crippen molar-refractivity contribution in [2.75, 3.05) is 38.0 Å². The summed E-state index contributed by atoms with van der Waals surface area (Å²) >= 11 is 0. The molecule has 2 amide bonds. The molecule has 0 spiro atoms. The predicted molar refractivity (Wildman–Crippen MR) is 151 cm³/mol. The van der Waals surface area contributed by atoms with Crippen LogP contribution in [0.4, 0.5) is 28.0 Å². The van der Waals surface area contributed by atoms with Crippen LogP contribution >= 0.6 is 0 Å². The monoisotopic (exact) mass is 567 g/mol. The molecule has 2 atom stereocenters. The summed E-state index contributed by atoms with van der Waals surface area (Å²) in [5.74, 6) is -1.40. The first kappa shape index (κ1) is 30.0. The number of alkyl halides is 3. The highest BCUT2D eigenvalue weighted by Crippen LogP contribution is 2.33. The summed E-state index contributed by atoms with van der Waals surface area (Å²) in [6, 6.07) is 19.1. The van der Waals surface area contributed by atoms with Crippen molar-refractivity contribution in [2.24, 2.45) is 0 Å². The van der Waals surface area contributed by atoms with E-state index in [0.29, 0.717) is 17.7 Å². The minimum Gasteiger partial charge on any atom is -0.336 e. The van der Waals surface area contributed by atoms with E-state index < -0.39 is 23.6 Å².